The molecule has 1 saturated heterocycles. The number of rotatable bonds is 6. The van der Waals surface area contributed by atoms with Crippen LogP contribution < -0.4 is 0 Å². The maximum absolute atomic E-state index is 12.8. The van der Waals surface area contributed by atoms with Gasteiger partial charge in [-0.05, 0) is 45.2 Å². The van der Waals surface area contributed by atoms with E-state index in [0.717, 1.165) is 17.1 Å². The molecular weight excluding hydrogens is 378 g/mol. The van der Waals surface area contributed by atoms with Crippen molar-refractivity contribution in [2.24, 2.45) is 0 Å². The minimum atomic E-state index is -3.52. The third-order valence-electron chi connectivity index (χ3n) is 4.88. The van der Waals surface area contributed by atoms with Gasteiger partial charge in [-0.25, -0.2) is 8.42 Å². The van der Waals surface area contributed by atoms with Crippen LogP contribution >= 0.6 is 0 Å². The Bertz CT molecular complexity index is 913. The van der Waals surface area contributed by atoms with Crippen molar-refractivity contribution in [3.05, 3.63) is 53.5 Å². The third kappa shape index (κ3) is 4.81. The largest absolute Gasteiger partial charge is 0.465 e. The molecule has 0 saturated carbocycles. The van der Waals surface area contributed by atoms with Gasteiger partial charge < -0.3 is 9.32 Å². The molecule has 1 aliphatic rings. The Morgan fingerprint density at radius 2 is 1.68 bits per heavy atom. The molecule has 1 aliphatic heterocycles. The summed E-state index contributed by atoms with van der Waals surface area (Å²) in [7, 11) is -1.65. The molecule has 2 aromatic rings. The number of carbonyl (C=O) groups excluding carboxylic acids is 1. The van der Waals surface area contributed by atoms with Crippen LogP contribution in [0.4, 0.5) is 0 Å². The van der Waals surface area contributed by atoms with E-state index in [9.17, 15) is 13.2 Å². The van der Waals surface area contributed by atoms with E-state index in [-0.39, 0.29) is 12.5 Å². The SMILES string of the molecule is Cc1ccc(S(=O)(=O)N2CCN(C(=O)CN(C)Cc3ccc(C)o3)CC2)cc1. The second kappa shape index (κ2) is 8.46. The first-order chi connectivity index (χ1) is 13.3. The summed E-state index contributed by atoms with van der Waals surface area (Å²) < 4.78 is 32.5. The zero-order valence-electron chi connectivity index (χ0n) is 16.6. The number of hydrogen-bond donors (Lipinski definition) is 0. The van der Waals surface area contributed by atoms with Crippen LogP contribution in [-0.2, 0) is 21.4 Å². The average Bonchev–Trinajstić information content (AvgIpc) is 3.06. The minimum absolute atomic E-state index is 0.00170. The highest BCUT2D eigenvalue weighted by Crippen LogP contribution is 2.18. The molecule has 1 amide bonds. The Morgan fingerprint density at radius 3 is 2.25 bits per heavy atom. The lowest BCUT2D eigenvalue weighted by Gasteiger charge is -2.34. The standard InChI is InChI=1S/C20H27N3O4S/c1-16-4-8-19(9-5-16)28(25,26)23-12-10-22(11-13-23)20(24)15-21(3)14-18-7-6-17(2)27-18/h4-9H,10-15H2,1-3H3. The summed E-state index contributed by atoms with van der Waals surface area (Å²) >= 11 is 0. The number of aryl methyl sites for hydroxylation is 2. The summed E-state index contributed by atoms with van der Waals surface area (Å²) in [5.74, 6) is 1.67. The monoisotopic (exact) mass is 405 g/mol. The molecule has 3 rings (SSSR count). The van der Waals surface area contributed by atoms with Gasteiger partial charge in [0.05, 0.1) is 18.0 Å². The normalized spacial score (nSPS) is 15.9. The highest BCUT2D eigenvalue weighted by Gasteiger charge is 2.30. The van der Waals surface area contributed by atoms with Crippen molar-refractivity contribution in [1.29, 1.82) is 0 Å². The smallest absolute Gasteiger partial charge is 0.243 e. The number of benzene rings is 1. The van der Waals surface area contributed by atoms with Crippen molar-refractivity contribution < 1.29 is 17.6 Å². The van der Waals surface area contributed by atoms with Gasteiger partial charge in [0.2, 0.25) is 15.9 Å². The highest BCUT2D eigenvalue weighted by molar-refractivity contribution is 7.89. The van der Waals surface area contributed by atoms with Crippen LogP contribution in [0.5, 0.6) is 0 Å². The fourth-order valence-corrected chi connectivity index (χ4v) is 4.68. The minimum Gasteiger partial charge on any atom is -0.465 e. The molecule has 28 heavy (non-hydrogen) atoms. The summed E-state index contributed by atoms with van der Waals surface area (Å²) in [6.45, 7) is 6.05. The summed E-state index contributed by atoms with van der Waals surface area (Å²) in [5, 5.41) is 0. The summed E-state index contributed by atoms with van der Waals surface area (Å²) in [6, 6.07) is 10.7. The van der Waals surface area contributed by atoms with Crippen molar-refractivity contribution in [3.8, 4) is 0 Å². The van der Waals surface area contributed by atoms with Gasteiger partial charge in [0.1, 0.15) is 11.5 Å². The number of piperazine rings is 1. The van der Waals surface area contributed by atoms with Crippen molar-refractivity contribution in [2.45, 2.75) is 25.3 Å². The molecule has 0 radical (unpaired) electrons. The highest BCUT2D eigenvalue weighted by atomic mass is 32.2. The molecule has 0 unspecified atom stereocenters. The van der Waals surface area contributed by atoms with Crippen LogP contribution in [-0.4, -0.2) is 68.2 Å². The van der Waals surface area contributed by atoms with Crippen molar-refractivity contribution in [1.82, 2.24) is 14.1 Å². The predicted molar refractivity (Wildman–Crippen MR) is 106 cm³/mol. The third-order valence-corrected chi connectivity index (χ3v) is 6.79. The van der Waals surface area contributed by atoms with E-state index in [2.05, 4.69) is 0 Å². The first kappa shape index (κ1) is 20.6. The molecule has 152 valence electrons. The van der Waals surface area contributed by atoms with Crippen LogP contribution in [0.2, 0.25) is 0 Å². The zero-order chi connectivity index (χ0) is 20.3. The lowest BCUT2D eigenvalue weighted by Crippen LogP contribution is -2.52. The van der Waals surface area contributed by atoms with Crippen LogP contribution in [0.3, 0.4) is 0 Å². The second-order valence-corrected chi connectivity index (χ2v) is 9.22. The van der Waals surface area contributed by atoms with E-state index in [1.54, 1.807) is 29.2 Å². The van der Waals surface area contributed by atoms with Gasteiger partial charge in [0.25, 0.3) is 0 Å². The summed E-state index contributed by atoms with van der Waals surface area (Å²) in [4.78, 5) is 16.5. The molecule has 1 aromatic carbocycles. The molecular formula is C20H27N3O4S. The predicted octanol–water partition coefficient (Wildman–Crippen LogP) is 1.86. The second-order valence-electron chi connectivity index (χ2n) is 7.28. The van der Waals surface area contributed by atoms with Crippen molar-refractivity contribution in [2.75, 3.05) is 39.8 Å². The van der Waals surface area contributed by atoms with Gasteiger partial charge in [-0.2, -0.15) is 4.31 Å². The van der Waals surface area contributed by atoms with Gasteiger partial charge in [-0.15, -0.1) is 0 Å². The fraction of sp³-hybridized carbons (Fsp3) is 0.450. The average molecular weight is 406 g/mol. The quantitative estimate of drug-likeness (QED) is 0.733. The van der Waals surface area contributed by atoms with Crippen LogP contribution in [0.25, 0.3) is 0 Å². The molecule has 8 heteroatoms. The van der Waals surface area contributed by atoms with Gasteiger partial charge in [-0.3, -0.25) is 9.69 Å². The van der Waals surface area contributed by atoms with E-state index in [4.69, 9.17) is 4.42 Å². The molecule has 0 N–H and O–H groups in total. The number of sulfonamides is 1. The molecule has 0 atom stereocenters. The maximum Gasteiger partial charge on any atom is 0.243 e. The number of furan rings is 1. The molecule has 0 aliphatic carbocycles. The number of carbonyl (C=O) groups is 1. The zero-order valence-corrected chi connectivity index (χ0v) is 17.4. The Kier molecular flexibility index (Phi) is 6.22. The lowest BCUT2D eigenvalue weighted by molar-refractivity contribution is -0.133. The number of nitrogens with zero attached hydrogens (tertiary/aromatic N) is 3. The van der Waals surface area contributed by atoms with Crippen molar-refractivity contribution in [3.63, 3.8) is 0 Å². The Hall–Kier alpha value is -2.16. The van der Waals surface area contributed by atoms with E-state index >= 15 is 0 Å². The Balaban J connectivity index is 1.52. The topological polar surface area (TPSA) is 74.1 Å². The summed E-state index contributed by atoms with van der Waals surface area (Å²) in [5.41, 5.74) is 1.02. The maximum atomic E-state index is 12.8. The van der Waals surface area contributed by atoms with E-state index < -0.39 is 10.0 Å². The first-order valence-electron chi connectivity index (χ1n) is 9.34. The van der Waals surface area contributed by atoms with Crippen LogP contribution in [0.15, 0.2) is 45.7 Å². The van der Waals surface area contributed by atoms with Gasteiger partial charge >= 0.3 is 0 Å². The fourth-order valence-electron chi connectivity index (χ4n) is 3.26. The molecule has 1 fully saturated rings. The van der Waals surface area contributed by atoms with E-state index in [1.165, 1.54) is 4.31 Å². The Labute approximate surface area is 166 Å². The van der Waals surface area contributed by atoms with Crippen molar-refractivity contribution >= 4 is 15.9 Å². The number of likely N-dealkylation sites (N-methyl/N-ethyl adjacent to an activating group) is 1. The summed E-state index contributed by atoms with van der Waals surface area (Å²) in [6.07, 6.45) is 0. The molecule has 1 aromatic heterocycles. The number of amides is 1. The van der Waals surface area contributed by atoms with Gasteiger partial charge in [-0.1, -0.05) is 17.7 Å². The van der Waals surface area contributed by atoms with Gasteiger partial charge in [0.15, 0.2) is 0 Å². The first-order valence-corrected chi connectivity index (χ1v) is 10.8. The molecule has 0 bridgehead atoms. The van der Waals surface area contributed by atoms with Crippen LogP contribution in [0, 0.1) is 13.8 Å². The van der Waals surface area contributed by atoms with E-state index in [0.29, 0.717) is 37.6 Å². The molecule has 7 nitrogen and oxygen atoms in total. The Morgan fingerprint density at radius 1 is 1.04 bits per heavy atom. The van der Waals surface area contributed by atoms with Gasteiger partial charge in [0, 0.05) is 26.2 Å². The molecule has 0 spiro atoms. The lowest BCUT2D eigenvalue weighted by atomic mass is 10.2. The van der Waals surface area contributed by atoms with Crippen LogP contribution in [0.1, 0.15) is 17.1 Å². The molecule has 2 heterocycles. The number of hydrogen-bond acceptors (Lipinski definition) is 5. The van der Waals surface area contributed by atoms with E-state index in [1.807, 2.05) is 37.9 Å².